The van der Waals surface area contributed by atoms with Gasteiger partial charge in [-0.3, -0.25) is 4.98 Å². The van der Waals surface area contributed by atoms with Crippen LogP contribution in [-0.2, 0) is 13.2 Å². The summed E-state index contributed by atoms with van der Waals surface area (Å²) in [7, 11) is 0. The fourth-order valence-electron chi connectivity index (χ4n) is 1.64. The molecule has 0 saturated heterocycles. The lowest BCUT2D eigenvalue weighted by atomic mass is 10.4. The molecule has 3 heterocycles. The Morgan fingerprint density at radius 2 is 2.21 bits per heavy atom. The van der Waals surface area contributed by atoms with Crippen molar-refractivity contribution in [1.82, 2.24) is 25.0 Å². The van der Waals surface area contributed by atoms with Crippen LogP contribution in [0.5, 0.6) is 0 Å². The second-order valence-electron chi connectivity index (χ2n) is 3.92. The molecule has 0 spiro atoms. The molecule has 0 amide bonds. The minimum Gasteiger partial charge on any atom is -0.390 e. The molecule has 0 fully saturated rings. The maximum absolute atomic E-state index is 8.93. The average molecular weight is 273 g/mol. The van der Waals surface area contributed by atoms with E-state index in [4.69, 9.17) is 5.11 Å². The lowest BCUT2D eigenvalue weighted by molar-refractivity contribution is 0.276. The van der Waals surface area contributed by atoms with E-state index in [0.29, 0.717) is 12.2 Å². The van der Waals surface area contributed by atoms with Gasteiger partial charge in [-0.1, -0.05) is 11.3 Å². The normalized spacial score (nSPS) is 10.8. The van der Waals surface area contributed by atoms with Crippen molar-refractivity contribution in [2.45, 2.75) is 13.2 Å². The molecule has 0 aliphatic rings. The Hall–Kier alpha value is -2.12. The number of aliphatic hydroxyl groups excluding tert-OH is 1. The van der Waals surface area contributed by atoms with Crippen molar-refractivity contribution in [3.63, 3.8) is 0 Å². The van der Waals surface area contributed by atoms with Crippen LogP contribution in [0.3, 0.4) is 0 Å². The number of aliphatic hydroxyl groups is 1. The van der Waals surface area contributed by atoms with Gasteiger partial charge in [-0.05, 0) is 12.1 Å². The van der Waals surface area contributed by atoms with Crippen molar-refractivity contribution in [3.8, 4) is 10.7 Å². The number of aromatic nitrogens is 5. The molecule has 7 heteroatoms. The Balaban J connectivity index is 1.78. The average Bonchev–Trinajstić information content (AvgIpc) is 3.09. The summed E-state index contributed by atoms with van der Waals surface area (Å²) < 4.78 is 1.66. The maximum Gasteiger partial charge on any atom is 0.142 e. The fraction of sp³-hybridized carbons (Fsp3) is 0.167. The van der Waals surface area contributed by atoms with Gasteiger partial charge in [0.2, 0.25) is 0 Å². The Morgan fingerprint density at radius 3 is 2.95 bits per heavy atom. The van der Waals surface area contributed by atoms with Crippen LogP contribution >= 0.6 is 11.3 Å². The topological polar surface area (TPSA) is 76.7 Å². The van der Waals surface area contributed by atoms with E-state index in [1.807, 2.05) is 23.6 Å². The van der Waals surface area contributed by atoms with E-state index >= 15 is 0 Å². The largest absolute Gasteiger partial charge is 0.390 e. The van der Waals surface area contributed by atoms with Crippen molar-refractivity contribution in [2.75, 3.05) is 0 Å². The summed E-state index contributed by atoms with van der Waals surface area (Å²) in [6, 6.07) is 5.75. The standard InChI is InChI=1S/C12H11N5OS/c18-7-9-5-17(16-15-9)6-10-8-19-12(14-10)11-3-1-2-4-13-11/h1-5,8,18H,6-7H2. The summed E-state index contributed by atoms with van der Waals surface area (Å²) in [6.45, 7) is 0.437. The zero-order chi connectivity index (χ0) is 13.1. The Labute approximate surface area is 113 Å². The van der Waals surface area contributed by atoms with Crippen LogP contribution in [0.25, 0.3) is 10.7 Å². The van der Waals surface area contributed by atoms with Gasteiger partial charge >= 0.3 is 0 Å². The lowest BCUT2D eigenvalue weighted by Crippen LogP contribution is -2.00. The van der Waals surface area contributed by atoms with Gasteiger partial charge in [0, 0.05) is 11.6 Å². The van der Waals surface area contributed by atoms with E-state index in [1.165, 1.54) is 0 Å². The summed E-state index contributed by atoms with van der Waals surface area (Å²) in [5, 5.41) is 19.5. The predicted molar refractivity (Wildman–Crippen MR) is 70.4 cm³/mol. The lowest BCUT2D eigenvalue weighted by Gasteiger charge is -1.95. The summed E-state index contributed by atoms with van der Waals surface area (Å²) in [5.74, 6) is 0. The first kappa shape index (κ1) is 11.9. The molecule has 0 atom stereocenters. The molecule has 0 aliphatic carbocycles. The van der Waals surface area contributed by atoms with Crippen LogP contribution in [0.15, 0.2) is 36.0 Å². The van der Waals surface area contributed by atoms with Crippen LogP contribution in [0.2, 0.25) is 0 Å². The molecule has 0 saturated carbocycles. The van der Waals surface area contributed by atoms with Crippen LogP contribution in [0, 0.1) is 0 Å². The Bertz CT molecular complexity index is 664. The molecule has 3 aromatic heterocycles. The highest BCUT2D eigenvalue weighted by Crippen LogP contribution is 2.21. The van der Waals surface area contributed by atoms with Crippen molar-refractivity contribution in [1.29, 1.82) is 0 Å². The molecule has 0 aromatic carbocycles. The molecular formula is C12H11N5OS. The number of hydrogen-bond acceptors (Lipinski definition) is 6. The highest BCUT2D eigenvalue weighted by Gasteiger charge is 2.07. The van der Waals surface area contributed by atoms with Gasteiger partial charge < -0.3 is 5.11 Å². The number of nitrogens with zero attached hydrogens (tertiary/aromatic N) is 5. The smallest absolute Gasteiger partial charge is 0.142 e. The third-order valence-corrected chi connectivity index (χ3v) is 3.42. The van der Waals surface area contributed by atoms with Crippen molar-refractivity contribution < 1.29 is 5.11 Å². The minimum atomic E-state index is -0.101. The maximum atomic E-state index is 8.93. The van der Waals surface area contributed by atoms with Gasteiger partial charge in [0.05, 0.1) is 30.7 Å². The minimum absolute atomic E-state index is 0.101. The first-order valence-electron chi connectivity index (χ1n) is 5.71. The van der Waals surface area contributed by atoms with Gasteiger partial charge in [0.1, 0.15) is 10.7 Å². The molecule has 19 heavy (non-hydrogen) atoms. The number of rotatable bonds is 4. The highest BCUT2D eigenvalue weighted by molar-refractivity contribution is 7.13. The number of thiazole rings is 1. The second kappa shape index (κ2) is 5.25. The fourth-order valence-corrected chi connectivity index (χ4v) is 2.43. The van der Waals surface area contributed by atoms with Crippen LogP contribution < -0.4 is 0 Å². The monoisotopic (exact) mass is 273 g/mol. The summed E-state index contributed by atoms with van der Waals surface area (Å²) >= 11 is 1.55. The third kappa shape index (κ3) is 2.67. The van der Waals surface area contributed by atoms with Gasteiger partial charge in [-0.25, -0.2) is 9.67 Å². The van der Waals surface area contributed by atoms with E-state index in [1.54, 1.807) is 28.4 Å². The highest BCUT2D eigenvalue weighted by atomic mass is 32.1. The Kier molecular flexibility index (Phi) is 3.30. The van der Waals surface area contributed by atoms with Crippen LogP contribution in [0.4, 0.5) is 0 Å². The molecular weight excluding hydrogens is 262 g/mol. The van der Waals surface area contributed by atoms with Gasteiger partial charge in [0.15, 0.2) is 0 Å². The van der Waals surface area contributed by atoms with E-state index in [2.05, 4.69) is 20.3 Å². The predicted octanol–water partition coefficient (Wildman–Crippen LogP) is 1.34. The summed E-state index contributed by atoms with van der Waals surface area (Å²) in [4.78, 5) is 8.78. The zero-order valence-corrected chi connectivity index (χ0v) is 10.8. The van der Waals surface area contributed by atoms with Crippen molar-refractivity contribution >= 4 is 11.3 Å². The van der Waals surface area contributed by atoms with E-state index < -0.39 is 0 Å². The zero-order valence-electron chi connectivity index (χ0n) is 9.97. The van der Waals surface area contributed by atoms with Gasteiger partial charge in [-0.2, -0.15) is 0 Å². The molecule has 96 valence electrons. The van der Waals surface area contributed by atoms with Crippen LogP contribution in [0.1, 0.15) is 11.4 Å². The van der Waals surface area contributed by atoms with Crippen LogP contribution in [-0.4, -0.2) is 30.1 Å². The van der Waals surface area contributed by atoms with Gasteiger partial charge in [0.25, 0.3) is 0 Å². The van der Waals surface area contributed by atoms with Gasteiger partial charge in [-0.15, -0.1) is 16.4 Å². The van der Waals surface area contributed by atoms with Crippen molar-refractivity contribution in [3.05, 3.63) is 47.4 Å². The molecule has 6 nitrogen and oxygen atoms in total. The quantitative estimate of drug-likeness (QED) is 0.776. The molecule has 3 rings (SSSR count). The molecule has 0 aliphatic heterocycles. The molecule has 3 aromatic rings. The first-order valence-corrected chi connectivity index (χ1v) is 6.59. The molecule has 1 N–H and O–H groups in total. The third-order valence-electron chi connectivity index (χ3n) is 2.51. The van der Waals surface area contributed by atoms with E-state index in [0.717, 1.165) is 16.4 Å². The first-order chi connectivity index (χ1) is 9.35. The molecule has 0 bridgehead atoms. The molecule has 0 radical (unpaired) electrons. The van der Waals surface area contributed by atoms with Crippen molar-refractivity contribution in [2.24, 2.45) is 0 Å². The molecule has 0 unspecified atom stereocenters. The Morgan fingerprint density at radius 1 is 1.26 bits per heavy atom. The van der Waals surface area contributed by atoms with E-state index in [9.17, 15) is 0 Å². The summed E-state index contributed by atoms with van der Waals surface area (Å²) in [5.41, 5.74) is 2.33. The SMILES string of the molecule is OCc1cn(Cc2csc(-c3ccccn3)n2)nn1. The van der Waals surface area contributed by atoms with E-state index in [-0.39, 0.29) is 6.61 Å². The second-order valence-corrected chi connectivity index (χ2v) is 4.78. The number of pyridine rings is 1. The summed E-state index contributed by atoms with van der Waals surface area (Å²) in [6.07, 6.45) is 3.46. The number of hydrogen-bond donors (Lipinski definition) is 1.